The van der Waals surface area contributed by atoms with Gasteiger partial charge >= 0.3 is 63.3 Å². The van der Waals surface area contributed by atoms with Gasteiger partial charge in [0.1, 0.15) is 0 Å². The van der Waals surface area contributed by atoms with E-state index in [1.165, 1.54) is 0 Å². The number of allylic oxidation sites excluding steroid dienone is 2. The van der Waals surface area contributed by atoms with Gasteiger partial charge in [0.25, 0.3) is 0 Å². The second-order valence-electron chi connectivity index (χ2n) is 20.1. The van der Waals surface area contributed by atoms with Crippen molar-refractivity contribution in [1.82, 2.24) is 0 Å². The van der Waals surface area contributed by atoms with Crippen LogP contribution in [0.1, 0.15) is 113 Å². The van der Waals surface area contributed by atoms with Crippen LogP contribution < -0.4 is 51.4 Å². The molecule has 0 heterocycles. The van der Waals surface area contributed by atoms with Crippen LogP contribution in [0.3, 0.4) is 0 Å². The number of ether oxygens (including phenoxy) is 2. The van der Waals surface area contributed by atoms with Gasteiger partial charge in [-0.25, -0.2) is 0 Å². The summed E-state index contributed by atoms with van der Waals surface area (Å²) < 4.78 is 28.2. The zero-order chi connectivity index (χ0) is 42.8. The first kappa shape index (κ1) is 60.6. The Kier molecular flexibility index (Phi) is 30.0. The van der Waals surface area contributed by atoms with Gasteiger partial charge in [-0.2, -0.15) is 0 Å². The van der Waals surface area contributed by atoms with Crippen LogP contribution in [0.2, 0.25) is 75.5 Å². The summed E-state index contributed by atoms with van der Waals surface area (Å²) in [6, 6.07) is 0. The Morgan fingerprint density at radius 3 is 1.33 bits per heavy atom. The van der Waals surface area contributed by atoms with Gasteiger partial charge in [-0.1, -0.05) is 125 Å². The van der Waals surface area contributed by atoms with E-state index < -0.39 is 33.1 Å². The fraction of sp³-hybridized carbons (Fsp3) is 0.857. The minimum atomic E-state index is -1.74. The Bertz CT molecular complexity index is 1090. The molecule has 0 N–H and O–H groups in total. The van der Waals surface area contributed by atoms with E-state index in [-0.39, 0.29) is 90.8 Å². The first-order chi connectivity index (χ1) is 24.4. The molecule has 2 aliphatic carbocycles. The van der Waals surface area contributed by atoms with Crippen molar-refractivity contribution in [2.45, 2.75) is 201 Å². The summed E-state index contributed by atoms with van der Waals surface area (Å²) in [4.78, 5) is 24.1. The molecule has 0 spiro atoms. The van der Waals surface area contributed by atoms with Gasteiger partial charge in [0, 0.05) is 17.5 Å². The van der Waals surface area contributed by atoms with Crippen LogP contribution in [-0.4, -0.2) is 75.8 Å². The number of alkyl halides is 1. The normalized spacial score (nSPS) is 22.1. The Balaban J connectivity index is -0.000000742. The molecule has 0 aromatic rings. The molecule has 13 heteroatoms. The molecular weight excluding hydrogens is 846 g/mol. The van der Waals surface area contributed by atoms with Crippen molar-refractivity contribution in [1.29, 1.82) is 0 Å². The molecule has 0 aliphatic heterocycles. The number of carbonyl (C=O) groups excluding carboxylic acids is 2. The monoisotopic (exact) mass is 931 g/mol. The van der Waals surface area contributed by atoms with Gasteiger partial charge in [0.05, 0.1) is 24.5 Å². The largest absolute Gasteiger partial charge is 1.00 e. The zero-order valence-corrected chi connectivity index (χ0v) is 48.3. The van der Waals surface area contributed by atoms with Crippen molar-refractivity contribution in [3.63, 3.8) is 0 Å². The van der Waals surface area contributed by atoms with E-state index in [0.29, 0.717) is 25.7 Å². The van der Waals surface area contributed by atoms with E-state index in [1.54, 1.807) is 6.08 Å². The number of esters is 2. The van der Waals surface area contributed by atoms with Crippen molar-refractivity contribution in [2.24, 2.45) is 11.3 Å². The third-order valence-electron chi connectivity index (χ3n) is 10.7. The fourth-order valence-corrected chi connectivity index (χ4v) is 17.1. The van der Waals surface area contributed by atoms with Gasteiger partial charge in [-0.3, -0.25) is 9.59 Å². The van der Waals surface area contributed by atoms with Crippen LogP contribution in [0, 0.1) is 11.3 Å². The van der Waals surface area contributed by atoms with Crippen molar-refractivity contribution in [3.05, 3.63) is 30.0 Å². The van der Waals surface area contributed by atoms with Crippen LogP contribution >= 0.6 is 15.9 Å². The van der Waals surface area contributed by atoms with Crippen molar-refractivity contribution in [3.8, 4) is 0 Å². The summed E-state index contributed by atoms with van der Waals surface area (Å²) in [5.74, 6) is 0.0215. The molecule has 2 rings (SSSR count). The van der Waals surface area contributed by atoms with E-state index >= 15 is 0 Å². The van der Waals surface area contributed by atoms with Crippen LogP contribution in [0.4, 0.5) is 0 Å². The maximum atomic E-state index is 12.4. The SMILES string of the molecule is C=CCBr.C=CCC1(C(=O)OCC)CCC(O[Si](C)(C)C(C)(C)C)CC1.CCOC(=O)C1CCC(O[Si](C)(C)C(C)(C)C)CC1.C[Si](C)(C)[N-][Si](C)(C)C.[K+]. The number of carbonyl (C=O) groups is 2. The number of hydrogen-bond donors (Lipinski definition) is 0. The molecule has 0 saturated heterocycles. The molecule has 7 nitrogen and oxygen atoms in total. The first-order valence-corrected chi connectivity index (χ1v) is 34.4. The molecule has 2 fully saturated rings. The van der Waals surface area contributed by atoms with Crippen LogP contribution in [0.5, 0.6) is 0 Å². The molecule has 0 atom stereocenters. The Hall–Kier alpha value is 1.28. The minimum absolute atomic E-state index is 0. The topological polar surface area (TPSA) is 85.2 Å². The van der Waals surface area contributed by atoms with Crippen molar-refractivity contribution in [2.75, 3.05) is 18.5 Å². The van der Waals surface area contributed by atoms with Crippen molar-refractivity contribution >= 4 is 61.0 Å². The summed E-state index contributed by atoms with van der Waals surface area (Å²) in [6.45, 7) is 48.5. The van der Waals surface area contributed by atoms with Crippen LogP contribution in [0.25, 0.3) is 4.65 Å². The van der Waals surface area contributed by atoms with E-state index in [1.807, 2.05) is 19.9 Å². The van der Waals surface area contributed by atoms with E-state index in [4.69, 9.17) is 23.0 Å². The van der Waals surface area contributed by atoms with Crippen molar-refractivity contribution < 1.29 is 79.3 Å². The fourth-order valence-electron chi connectivity index (χ4n) is 6.18. The van der Waals surface area contributed by atoms with Gasteiger partial charge in [-0.15, -0.1) is 13.2 Å². The molecule has 0 radical (unpaired) electrons. The van der Waals surface area contributed by atoms with Crippen LogP contribution in [-0.2, 0) is 27.9 Å². The minimum Gasteiger partial charge on any atom is -0.668 e. The maximum Gasteiger partial charge on any atom is 1.00 e. The molecule has 0 aromatic heterocycles. The number of halogens is 1. The van der Waals surface area contributed by atoms with E-state index in [2.05, 4.69) is 136 Å². The summed E-state index contributed by atoms with van der Waals surface area (Å²) in [7, 11) is -5.62. The molecule has 0 bridgehead atoms. The predicted octanol–water partition coefficient (Wildman–Crippen LogP) is 10.8. The predicted molar refractivity (Wildman–Crippen MR) is 249 cm³/mol. The standard InChI is InChI=1S/C18H34O3Si.C15H30O3Si.C6H18NSi2.C3H5Br.K/c1-8-12-18(16(19)20-9-2)13-10-15(11-14-18)21-22(6,7)17(3,4)5;1-7-17-14(16)12-8-10-13(11-9-12)18-19(5,6)15(2,3)4;1-8(2,3)7-9(4,5)6;1-2-3-4;/h8,15H,1,9-14H2,2-7H3;12-13H,7-11H2,1-6H3;1-6H3;2H,1,3H2;/q;;-1;;+1. The summed E-state index contributed by atoms with van der Waals surface area (Å²) in [6.07, 6.45) is 12.4. The number of nitrogens with zero attached hydrogens (tertiary/aromatic N) is 1. The van der Waals surface area contributed by atoms with Gasteiger partial charge in [0.15, 0.2) is 16.6 Å². The number of rotatable bonds is 13. The summed E-state index contributed by atoms with van der Waals surface area (Å²) in [5.41, 5.74) is -0.370. The molecule has 0 amide bonds. The second kappa shape index (κ2) is 27.3. The Labute approximate surface area is 396 Å². The van der Waals surface area contributed by atoms with E-state index in [9.17, 15) is 9.59 Å². The third kappa shape index (κ3) is 25.6. The Morgan fingerprint density at radius 1 is 0.691 bits per heavy atom. The summed E-state index contributed by atoms with van der Waals surface area (Å²) >= 11 is 3.13. The Morgan fingerprint density at radius 2 is 1.05 bits per heavy atom. The first-order valence-electron chi connectivity index (χ1n) is 20.6. The van der Waals surface area contributed by atoms with E-state index in [0.717, 1.165) is 56.7 Å². The zero-order valence-electron chi connectivity index (χ0n) is 39.6. The molecule has 2 aliphatic rings. The average Bonchev–Trinajstić information content (AvgIpc) is 3.00. The average molecular weight is 934 g/mol. The quantitative estimate of drug-likeness (QED) is 0.0792. The van der Waals surface area contributed by atoms with Gasteiger partial charge in [-0.05, 0) is 108 Å². The van der Waals surface area contributed by atoms with Gasteiger partial charge < -0.3 is 23.0 Å². The maximum absolute atomic E-state index is 12.4. The second-order valence-corrected chi connectivity index (χ2v) is 39.8. The molecule has 0 aromatic carbocycles. The van der Waals surface area contributed by atoms with Gasteiger partial charge in [0.2, 0.25) is 0 Å². The molecule has 55 heavy (non-hydrogen) atoms. The van der Waals surface area contributed by atoms with Crippen LogP contribution in [0.15, 0.2) is 25.3 Å². The smallest absolute Gasteiger partial charge is 0.668 e. The molecule has 0 unspecified atom stereocenters. The summed E-state index contributed by atoms with van der Waals surface area (Å²) in [5, 5.41) is 1.38. The molecule has 2 saturated carbocycles. The molecular formula is C42H87BrKNO6Si4. The third-order valence-corrected chi connectivity index (χ3v) is 25.6. The molecule has 320 valence electrons. The number of hydrogen-bond acceptors (Lipinski definition) is 6.